The molecule has 31 heavy (non-hydrogen) atoms. The Kier molecular flexibility index (Phi) is 5.50. The van der Waals surface area contributed by atoms with Gasteiger partial charge in [-0.3, -0.25) is 9.36 Å². The number of aromatic nitrogens is 3. The molecule has 2 aliphatic rings. The number of halogens is 1. The zero-order chi connectivity index (χ0) is 21.2. The zero-order valence-corrected chi connectivity index (χ0v) is 17.6. The summed E-state index contributed by atoms with van der Waals surface area (Å²) < 4.78 is 27.0. The third-order valence-corrected chi connectivity index (χ3v) is 6.41. The number of nitrogens with zero attached hydrogens (tertiary/aromatic N) is 4. The van der Waals surface area contributed by atoms with Gasteiger partial charge in [0.25, 0.3) is 0 Å². The highest BCUT2D eigenvalue weighted by atomic mass is 32.2. The summed E-state index contributed by atoms with van der Waals surface area (Å²) in [6.45, 7) is 1.79. The number of para-hydroxylation sites is 1. The van der Waals surface area contributed by atoms with Gasteiger partial charge >= 0.3 is 0 Å². The van der Waals surface area contributed by atoms with Crippen molar-refractivity contribution in [2.24, 2.45) is 0 Å². The molecule has 0 aliphatic carbocycles. The Morgan fingerprint density at radius 2 is 2.00 bits per heavy atom. The minimum atomic E-state index is -0.367. The lowest BCUT2D eigenvalue weighted by Gasteiger charge is -2.26. The van der Waals surface area contributed by atoms with Crippen LogP contribution in [0.1, 0.15) is 24.4 Å². The highest BCUT2D eigenvalue weighted by Gasteiger charge is 2.31. The topological polar surface area (TPSA) is 69.5 Å². The van der Waals surface area contributed by atoms with Crippen LogP contribution in [0.5, 0.6) is 11.5 Å². The first-order valence-corrected chi connectivity index (χ1v) is 11.2. The van der Waals surface area contributed by atoms with E-state index in [-0.39, 0.29) is 23.5 Å². The smallest absolute Gasteiger partial charge is 0.233 e. The van der Waals surface area contributed by atoms with Crippen molar-refractivity contribution >= 4 is 17.7 Å². The van der Waals surface area contributed by atoms with Crippen LogP contribution in [0.15, 0.2) is 53.9 Å². The molecule has 0 spiro atoms. The molecule has 1 fully saturated rings. The molecule has 5 rings (SSSR count). The number of amides is 1. The molecule has 3 aromatic rings. The van der Waals surface area contributed by atoms with Gasteiger partial charge in [-0.25, -0.2) is 4.39 Å². The van der Waals surface area contributed by atoms with E-state index in [2.05, 4.69) is 10.2 Å². The average Bonchev–Trinajstić information content (AvgIpc) is 3.47. The molecular weight excluding hydrogens is 419 g/mol. The number of rotatable bonds is 5. The van der Waals surface area contributed by atoms with Gasteiger partial charge in [0.2, 0.25) is 5.91 Å². The number of hydrogen-bond acceptors (Lipinski definition) is 6. The standard InChI is InChI=1S/C22H21FN4O3S/c23-16-4-1-2-5-18(16)27-14-24-25-22(27)31-13-21(28)26-9-3-6-17(26)15-7-8-19-20(12-15)30-11-10-29-19/h1-2,4-5,7-8,12,14,17H,3,6,9-11,13H2/t17-/m1/s1. The summed E-state index contributed by atoms with van der Waals surface area (Å²) in [5.74, 6) is 1.33. The summed E-state index contributed by atoms with van der Waals surface area (Å²) in [6, 6.07) is 12.3. The average molecular weight is 441 g/mol. The first-order valence-electron chi connectivity index (χ1n) is 10.2. The van der Waals surface area contributed by atoms with Crippen molar-refractivity contribution in [3.8, 4) is 17.2 Å². The van der Waals surface area contributed by atoms with E-state index in [9.17, 15) is 9.18 Å². The Hall–Kier alpha value is -3.07. The first kappa shape index (κ1) is 19.9. The van der Waals surface area contributed by atoms with Crippen LogP contribution in [-0.4, -0.2) is 51.1 Å². The number of likely N-dealkylation sites (tertiary alicyclic amines) is 1. The molecule has 7 nitrogen and oxygen atoms in total. The maximum absolute atomic E-state index is 14.2. The van der Waals surface area contributed by atoms with E-state index in [4.69, 9.17) is 9.47 Å². The van der Waals surface area contributed by atoms with Crippen molar-refractivity contribution in [3.63, 3.8) is 0 Å². The minimum Gasteiger partial charge on any atom is -0.486 e. The Labute approximate surface area is 183 Å². The van der Waals surface area contributed by atoms with Gasteiger partial charge in [0.1, 0.15) is 25.4 Å². The van der Waals surface area contributed by atoms with E-state index >= 15 is 0 Å². The highest BCUT2D eigenvalue weighted by Crippen LogP contribution is 2.38. The highest BCUT2D eigenvalue weighted by molar-refractivity contribution is 7.99. The predicted molar refractivity (Wildman–Crippen MR) is 113 cm³/mol. The molecule has 0 N–H and O–H groups in total. The van der Waals surface area contributed by atoms with Crippen LogP contribution in [0, 0.1) is 5.82 Å². The molecule has 1 amide bonds. The molecule has 9 heteroatoms. The van der Waals surface area contributed by atoms with Crippen molar-refractivity contribution in [3.05, 3.63) is 60.2 Å². The van der Waals surface area contributed by atoms with Gasteiger partial charge < -0.3 is 14.4 Å². The van der Waals surface area contributed by atoms with Gasteiger partial charge in [0.15, 0.2) is 16.7 Å². The van der Waals surface area contributed by atoms with Crippen LogP contribution >= 0.6 is 11.8 Å². The van der Waals surface area contributed by atoms with E-state index in [0.717, 1.165) is 29.9 Å². The van der Waals surface area contributed by atoms with Crippen molar-refractivity contribution < 1.29 is 18.7 Å². The fourth-order valence-electron chi connectivity index (χ4n) is 4.02. The molecule has 160 valence electrons. The van der Waals surface area contributed by atoms with Gasteiger partial charge in [-0.2, -0.15) is 0 Å². The number of fused-ring (bicyclic) bond motifs is 1. The monoisotopic (exact) mass is 440 g/mol. The van der Waals surface area contributed by atoms with Crippen molar-refractivity contribution in [2.45, 2.75) is 24.0 Å². The third kappa shape index (κ3) is 3.97. The summed E-state index contributed by atoms with van der Waals surface area (Å²) in [6.07, 6.45) is 3.31. The van der Waals surface area contributed by atoms with E-state index < -0.39 is 0 Å². The summed E-state index contributed by atoms with van der Waals surface area (Å²) in [4.78, 5) is 15.0. The Balaban J connectivity index is 1.29. The van der Waals surface area contributed by atoms with Gasteiger partial charge in [0.05, 0.1) is 17.5 Å². The van der Waals surface area contributed by atoms with Crippen molar-refractivity contribution in [1.29, 1.82) is 0 Å². The minimum absolute atomic E-state index is 0.00774. The summed E-state index contributed by atoms with van der Waals surface area (Å²) in [5, 5.41) is 8.44. The normalized spacial score (nSPS) is 17.7. The number of carbonyl (C=O) groups is 1. The number of benzene rings is 2. The second-order valence-electron chi connectivity index (χ2n) is 7.37. The van der Waals surface area contributed by atoms with Crippen LogP contribution in [0.25, 0.3) is 5.69 Å². The van der Waals surface area contributed by atoms with Crippen molar-refractivity contribution in [1.82, 2.24) is 19.7 Å². The van der Waals surface area contributed by atoms with Crippen LogP contribution in [0.2, 0.25) is 0 Å². The van der Waals surface area contributed by atoms with Gasteiger partial charge in [-0.15, -0.1) is 10.2 Å². The first-order chi connectivity index (χ1) is 15.2. The lowest BCUT2D eigenvalue weighted by atomic mass is 10.0. The summed E-state index contributed by atoms with van der Waals surface area (Å²) >= 11 is 1.26. The van der Waals surface area contributed by atoms with Crippen LogP contribution < -0.4 is 9.47 Å². The quantitative estimate of drug-likeness (QED) is 0.565. The molecule has 0 saturated carbocycles. The molecule has 2 aliphatic heterocycles. The molecule has 1 atom stereocenters. The Morgan fingerprint density at radius 3 is 2.87 bits per heavy atom. The third-order valence-electron chi connectivity index (χ3n) is 5.48. The maximum Gasteiger partial charge on any atom is 0.233 e. The van der Waals surface area contributed by atoms with Crippen molar-refractivity contribution in [2.75, 3.05) is 25.5 Å². The van der Waals surface area contributed by atoms with Gasteiger partial charge in [-0.05, 0) is 42.7 Å². The number of thioether (sulfide) groups is 1. The Bertz CT molecular complexity index is 1110. The second-order valence-corrected chi connectivity index (χ2v) is 8.31. The number of ether oxygens (including phenoxy) is 2. The molecule has 2 aromatic carbocycles. The van der Waals surface area contributed by atoms with Crippen LogP contribution in [0.3, 0.4) is 0 Å². The van der Waals surface area contributed by atoms with E-state index in [1.54, 1.807) is 22.8 Å². The molecule has 1 saturated heterocycles. The van der Waals surface area contributed by atoms with Gasteiger partial charge in [0, 0.05) is 6.54 Å². The number of hydrogen-bond donors (Lipinski definition) is 0. The molecular formula is C22H21FN4O3S. The SMILES string of the molecule is O=C(CSc1nncn1-c1ccccc1F)N1CCC[C@@H]1c1ccc2c(c1)OCCO2. The van der Waals surface area contributed by atoms with E-state index in [1.807, 2.05) is 23.1 Å². The Morgan fingerprint density at radius 1 is 1.16 bits per heavy atom. The number of carbonyl (C=O) groups excluding carboxylic acids is 1. The fourth-order valence-corrected chi connectivity index (χ4v) is 4.83. The summed E-state index contributed by atoms with van der Waals surface area (Å²) in [5.41, 5.74) is 1.41. The van der Waals surface area contributed by atoms with Crippen LogP contribution in [0.4, 0.5) is 4.39 Å². The zero-order valence-electron chi connectivity index (χ0n) is 16.7. The fraction of sp³-hybridized carbons (Fsp3) is 0.318. The molecule has 3 heterocycles. The lowest BCUT2D eigenvalue weighted by Crippen LogP contribution is -2.32. The molecule has 0 radical (unpaired) electrons. The van der Waals surface area contributed by atoms with Crippen LogP contribution in [-0.2, 0) is 4.79 Å². The molecule has 0 bridgehead atoms. The molecule has 0 unspecified atom stereocenters. The largest absolute Gasteiger partial charge is 0.486 e. The maximum atomic E-state index is 14.2. The lowest BCUT2D eigenvalue weighted by molar-refractivity contribution is -0.129. The predicted octanol–water partition coefficient (Wildman–Crippen LogP) is 3.63. The summed E-state index contributed by atoms with van der Waals surface area (Å²) in [7, 11) is 0. The van der Waals surface area contributed by atoms with E-state index in [0.29, 0.717) is 30.6 Å². The second kappa shape index (κ2) is 8.58. The van der Waals surface area contributed by atoms with Gasteiger partial charge in [-0.1, -0.05) is 30.0 Å². The molecule has 1 aromatic heterocycles. The van der Waals surface area contributed by atoms with E-state index in [1.165, 1.54) is 24.2 Å².